The Bertz CT molecular complexity index is 990. The zero-order valence-corrected chi connectivity index (χ0v) is 17.8. The Morgan fingerprint density at radius 2 is 1.87 bits per heavy atom. The summed E-state index contributed by atoms with van der Waals surface area (Å²) >= 11 is 0. The minimum Gasteiger partial charge on any atom is -0.497 e. The van der Waals surface area contributed by atoms with Crippen LogP contribution < -0.4 is 10.1 Å². The standard InChI is InChI=1S/C24H30N4O2/c1-3-23-26-20-8-4-5-9-21(20)28(23)17-24(29)25-16-22(27-14-6-7-15-27)18-10-12-19(30-2)13-11-18/h4-5,8-13,22H,3,6-7,14-17H2,1-2H3,(H,25,29). The van der Waals surface area contributed by atoms with Crippen molar-refractivity contribution in [3.05, 3.63) is 59.9 Å². The lowest BCUT2D eigenvalue weighted by Crippen LogP contribution is -2.38. The van der Waals surface area contributed by atoms with Gasteiger partial charge in [0.25, 0.3) is 0 Å². The van der Waals surface area contributed by atoms with Gasteiger partial charge in [-0.05, 0) is 55.8 Å². The summed E-state index contributed by atoms with van der Waals surface area (Å²) in [5.74, 6) is 1.81. The molecule has 1 saturated heterocycles. The molecule has 0 radical (unpaired) electrons. The lowest BCUT2D eigenvalue weighted by atomic mass is 10.1. The highest BCUT2D eigenvalue weighted by Crippen LogP contribution is 2.26. The normalized spacial score (nSPS) is 15.4. The molecule has 158 valence electrons. The number of carbonyl (C=O) groups excluding carboxylic acids is 1. The molecule has 6 nitrogen and oxygen atoms in total. The summed E-state index contributed by atoms with van der Waals surface area (Å²) in [6, 6.07) is 16.4. The minimum atomic E-state index is 0.0190. The van der Waals surface area contributed by atoms with Crippen molar-refractivity contribution in [1.82, 2.24) is 19.8 Å². The van der Waals surface area contributed by atoms with Crippen LogP contribution in [0.4, 0.5) is 0 Å². The van der Waals surface area contributed by atoms with Gasteiger partial charge in [-0.2, -0.15) is 0 Å². The van der Waals surface area contributed by atoms with Crippen LogP contribution in [0.3, 0.4) is 0 Å². The molecular weight excluding hydrogens is 376 g/mol. The van der Waals surface area contributed by atoms with Crippen LogP contribution in [0.15, 0.2) is 48.5 Å². The van der Waals surface area contributed by atoms with E-state index in [9.17, 15) is 4.79 Å². The smallest absolute Gasteiger partial charge is 0.240 e. The van der Waals surface area contributed by atoms with Gasteiger partial charge in [0.1, 0.15) is 18.1 Å². The van der Waals surface area contributed by atoms with Gasteiger partial charge in [-0.25, -0.2) is 4.98 Å². The van der Waals surface area contributed by atoms with E-state index in [1.165, 1.54) is 18.4 Å². The van der Waals surface area contributed by atoms with Crippen LogP contribution in [0, 0.1) is 0 Å². The first-order valence-corrected chi connectivity index (χ1v) is 10.8. The number of para-hydroxylation sites is 2. The molecule has 1 atom stereocenters. The Morgan fingerprint density at radius 3 is 2.57 bits per heavy atom. The van der Waals surface area contributed by atoms with E-state index in [2.05, 4.69) is 34.3 Å². The Labute approximate surface area is 177 Å². The average Bonchev–Trinajstić information content (AvgIpc) is 3.43. The summed E-state index contributed by atoms with van der Waals surface area (Å²) in [4.78, 5) is 20.0. The van der Waals surface area contributed by atoms with Crippen LogP contribution in [0.5, 0.6) is 5.75 Å². The summed E-state index contributed by atoms with van der Waals surface area (Å²) in [5, 5.41) is 3.18. The van der Waals surface area contributed by atoms with Crippen LogP contribution in [0.2, 0.25) is 0 Å². The zero-order valence-electron chi connectivity index (χ0n) is 17.8. The van der Waals surface area contributed by atoms with Crippen molar-refractivity contribution < 1.29 is 9.53 Å². The van der Waals surface area contributed by atoms with E-state index < -0.39 is 0 Å². The fourth-order valence-electron chi connectivity index (χ4n) is 4.32. The number of likely N-dealkylation sites (tertiary alicyclic amines) is 1. The summed E-state index contributed by atoms with van der Waals surface area (Å²) in [5.41, 5.74) is 3.16. The van der Waals surface area contributed by atoms with Crippen molar-refractivity contribution in [3.63, 3.8) is 0 Å². The highest BCUT2D eigenvalue weighted by atomic mass is 16.5. The number of aromatic nitrogens is 2. The fourth-order valence-corrected chi connectivity index (χ4v) is 4.32. The monoisotopic (exact) mass is 406 g/mol. The highest BCUT2D eigenvalue weighted by Gasteiger charge is 2.24. The van der Waals surface area contributed by atoms with Gasteiger partial charge in [-0.1, -0.05) is 31.2 Å². The van der Waals surface area contributed by atoms with Crippen molar-refractivity contribution in [2.45, 2.75) is 38.8 Å². The fraction of sp³-hybridized carbons (Fsp3) is 0.417. The summed E-state index contributed by atoms with van der Waals surface area (Å²) in [6.45, 7) is 5.10. The third-order valence-corrected chi connectivity index (χ3v) is 5.93. The lowest BCUT2D eigenvalue weighted by molar-refractivity contribution is -0.121. The zero-order chi connectivity index (χ0) is 20.9. The van der Waals surface area contributed by atoms with Crippen LogP contribution >= 0.6 is 0 Å². The molecule has 1 fully saturated rings. The predicted octanol–water partition coefficient (Wildman–Crippen LogP) is 3.56. The molecule has 1 unspecified atom stereocenters. The quantitative estimate of drug-likeness (QED) is 0.621. The maximum absolute atomic E-state index is 12.9. The molecule has 0 bridgehead atoms. The van der Waals surface area contributed by atoms with Crippen LogP contribution in [-0.4, -0.2) is 47.1 Å². The maximum atomic E-state index is 12.9. The molecule has 0 aliphatic carbocycles. The molecule has 3 aromatic rings. The number of hydrogen-bond acceptors (Lipinski definition) is 4. The molecular formula is C24H30N4O2. The third-order valence-electron chi connectivity index (χ3n) is 5.93. The first-order valence-electron chi connectivity index (χ1n) is 10.8. The number of carbonyl (C=O) groups is 1. The van der Waals surface area contributed by atoms with Gasteiger partial charge in [0.2, 0.25) is 5.91 Å². The number of aryl methyl sites for hydroxylation is 1. The first-order chi connectivity index (χ1) is 14.7. The number of methoxy groups -OCH3 is 1. The van der Waals surface area contributed by atoms with Crippen molar-refractivity contribution in [2.75, 3.05) is 26.7 Å². The number of imidazole rings is 1. The molecule has 6 heteroatoms. The molecule has 1 aliphatic heterocycles. The largest absolute Gasteiger partial charge is 0.497 e. The first kappa shape index (κ1) is 20.4. The number of amides is 1. The maximum Gasteiger partial charge on any atom is 0.240 e. The molecule has 2 aromatic carbocycles. The van der Waals surface area contributed by atoms with E-state index >= 15 is 0 Å². The number of nitrogens with one attached hydrogen (secondary N) is 1. The topological polar surface area (TPSA) is 59.4 Å². The molecule has 1 N–H and O–H groups in total. The van der Waals surface area contributed by atoms with Crippen molar-refractivity contribution >= 4 is 16.9 Å². The van der Waals surface area contributed by atoms with Gasteiger partial charge >= 0.3 is 0 Å². The van der Waals surface area contributed by atoms with E-state index in [1.54, 1.807) is 7.11 Å². The van der Waals surface area contributed by atoms with Gasteiger partial charge < -0.3 is 14.6 Å². The van der Waals surface area contributed by atoms with Gasteiger partial charge in [0, 0.05) is 13.0 Å². The molecule has 1 aromatic heterocycles. The molecule has 2 heterocycles. The number of ether oxygens (including phenoxy) is 1. The third kappa shape index (κ3) is 4.33. The van der Waals surface area contributed by atoms with Crippen molar-refractivity contribution in [2.24, 2.45) is 0 Å². The number of benzene rings is 2. The van der Waals surface area contributed by atoms with Gasteiger partial charge in [-0.3, -0.25) is 9.69 Å². The second-order valence-corrected chi connectivity index (χ2v) is 7.79. The number of nitrogens with zero attached hydrogens (tertiary/aromatic N) is 3. The number of fused-ring (bicyclic) bond motifs is 1. The molecule has 4 rings (SSSR count). The van der Waals surface area contributed by atoms with Crippen LogP contribution in [-0.2, 0) is 17.8 Å². The molecule has 1 amide bonds. The molecule has 0 saturated carbocycles. The summed E-state index contributed by atoms with van der Waals surface area (Å²) in [6.07, 6.45) is 3.22. The van der Waals surface area contributed by atoms with Crippen molar-refractivity contribution in [1.29, 1.82) is 0 Å². The predicted molar refractivity (Wildman–Crippen MR) is 119 cm³/mol. The second kappa shape index (κ2) is 9.30. The Morgan fingerprint density at radius 1 is 1.13 bits per heavy atom. The molecule has 30 heavy (non-hydrogen) atoms. The number of rotatable bonds is 8. The second-order valence-electron chi connectivity index (χ2n) is 7.79. The van der Waals surface area contributed by atoms with E-state index in [1.807, 2.05) is 41.0 Å². The van der Waals surface area contributed by atoms with Gasteiger partial charge in [-0.15, -0.1) is 0 Å². The van der Waals surface area contributed by atoms with E-state index in [4.69, 9.17) is 4.74 Å². The van der Waals surface area contributed by atoms with E-state index in [0.717, 1.165) is 42.1 Å². The lowest BCUT2D eigenvalue weighted by Gasteiger charge is -2.28. The van der Waals surface area contributed by atoms with E-state index in [0.29, 0.717) is 13.1 Å². The van der Waals surface area contributed by atoms with Crippen LogP contribution in [0.25, 0.3) is 11.0 Å². The Hall–Kier alpha value is -2.86. The van der Waals surface area contributed by atoms with Crippen molar-refractivity contribution in [3.8, 4) is 5.75 Å². The average molecular weight is 407 g/mol. The summed E-state index contributed by atoms with van der Waals surface area (Å²) in [7, 11) is 1.68. The Kier molecular flexibility index (Phi) is 6.33. The number of hydrogen-bond donors (Lipinski definition) is 1. The summed E-state index contributed by atoms with van der Waals surface area (Å²) < 4.78 is 7.33. The molecule has 1 aliphatic rings. The highest BCUT2D eigenvalue weighted by molar-refractivity contribution is 5.81. The van der Waals surface area contributed by atoms with E-state index in [-0.39, 0.29) is 11.9 Å². The van der Waals surface area contributed by atoms with Gasteiger partial charge in [0.15, 0.2) is 0 Å². The minimum absolute atomic E-state index is 0.0190. The molecule has 0 spiro atoms. The van der Waals surface area contributed by atoms with Gasteiger partial charge in [0.05, 0.1) is 24.2 Å². The SMILES string of the molecule is CCc1nc2ccccc2n1CC(=O)NCC(c1ccc(OC)cc1)N1CCCC1. The Balaban J connectivity index is 1.47. The van der Waals surface area contributed by atoms with Crippen LogP contribution in [0.1, 0.15) is 37.2 Å².